The molecule has 2 aromatic carbocycles. The van der Waals surface area contributed by atoms with Crippen LogP contribution in [0.1, 0.15) is 27.0 Å². The fourth-order valence-corrected chi connectivity index (χ4v) is 2.94. The predicted octanol–water partition coefficient (Wildman–Crippen LogP) is 2.40. The first-order valence-electron chi connectivity index (χ1n) is 8.23. The maximum atomic E-state index is 12.4. The van der Waals surface area contributed by atoms with E-state index in [2.05, 4.69) is 5.32 Å². The summed E-state index contributed by atoms with van der Waals surface area (Å²) in [7, 11) is 0. The van der Waals surface area contributed by atoms with E-state index in [4.69, 9.17) is 10.2 Å². The molecular weight excluding hydrogens is 348 g/mol. The Morgan fingerprint density at radius 2 is 1.81 bits per heavy atom. The lowest BCUT2D eigenvalue weighted by molar-refractivity contribution is -0.115. The molecular formula is C20H18N2O5. The van der Waals surface area contributed by atoms with E-state index < -0.39 is 17.4 Å². The van der Waals surface area contributed by atoms with Crippen LogP contribution in [-0.2, 0) is 11.2 Å². The van der Waals surface area contributed by atoms with E-state index in [1.165, 1.54) is 12.1 Å². The van der Waals surface area contributed by atoms with Gasteiger partial charge in [-0.25, -0.2) is 4.79 Å². The number of aromatic hydroxyl groups is 1. The van der Waals surface area contributed by atoms with Crippen molar-refractivity contribution < 1.29 is 19.1 Å². The SMILES string of the molecule is Cc1c(CC(=O)Nc2ccccc2C(N)=O)c(=O)oc2c(C)c(O)ccc12. The minimum atomic E-state index is -0.664. The highest BCUT2D eigenvalue weighted by Gasteiger charge is 2.18. The fourth-order valence-electron chi connectivity index (χ4n) is 2.94. The van der Waals surface area contributed by atoms with Gasteiger partial charge in [0.25, 0.3) is 5.91 Å². The predicted molar refractivity (Wildman–Crippen MR) is 101 cm³/mol. The molecule has 7 nitrogen and oxygen atoms in total. The Kier molecular flexibility index (Phi) is 4.68. The monoisotopic (exact) mass is 366 g/mol. The van der Waals surface area contributed by atoms with Crippen LogP contribution >= 0.6 is 0 Å². The van der Waals surface area contributed by atoms with Crippen LogP contribution < -0.4 is 16.7 Å². The van der Waals surface area contributed by atoms with Gasteiger partial charge in [-0.3, -0.25) is 9.59 Å². The number of phenolic OH excluding ortho intramolecular Hbond substituents is 1. The first-order chi connectivity index (χ1) is 12.8. The van der Waals surface area contributed by atoms with Gasteiger partial charge >= 0.3 is 5.63 Å². The molecule has 27 heavy (non-hydrogen) atoms. The minimum absolute atomic E-state index is 0.0265. The Balaban J connectivity index is 1.96. The van der Waals surface area contributed by atoms with Crippen molar-refractivity contribution in [2.24, 2.45) is 5.73 Å². The molecule has 0 aliphatic rings. The second-order valence-electron chi connectivity index (χ2n) is 6.21. The van der Waals surface area contributed by atoms with Gasteiger partial charge in [-0.05, 0) is 43.7 Å². The van der Waals surface area contributed by atoms with Crippen molar-refractivity contribution in [2.75, 3.05) is 5.32 Å². The van der Waals surface area contributed by atoms with Crippen LogP contribution in [0, 0.1) is 13.8 Å². The number of carbonyl (C=O) groups excluding carboxylic acids is 2. The van der Waals surface area contributed by atoms with Crippen molar-refractivity contribution in [3.05, 3.63) is 69.1 Å². The quantitative estimate of drug-likeness (QED) is 0.612. The number of para-hydroxylation sites is 1. The summed E-state index contributed by atoms with van der Waals surface area (Å²) >= 11 is 0. The molecule has 0 bridgehead atoms. The summed E-state index contributed by atoms with van der Waals surface area (Å²) in [6, 6.07) is 9.50. The summed E-state index contributed by atoms with van der Waals surface area (Å²) in [4.78, 5) is 36.3. The van der Waals surface area contributed by atoms with Crippen LogP contribution in [-0.4, -0.2) is 16.9 Å². The Hall–Kier alpha value is -3.61. The Morgan fingerprint density at radius 1 is 1.11 bits per heavy atom. The highest BCUT2D eigenvalue weighted by molar-refractivity contribution is 6.03. The van der Waals surface area contributed by atoms with Crippen LogP contribution in [0.3, 0.4) is 0 Å². The number of carbonyl (C=O) groups is 2. The molecule has 0 spiro atoms. The van der Waals surface area contributed by atoms with E-state index in [1.807, 2.05) is 0 Å². The largest absolute Gasteiger partial charge is 0.508 e. The number of anilines is 1. The first-order valence-corrected chi connectivity index (χ1v) is 8.23. The molecule has 1 aromatic heterocycles. The van der Waals surface area contributed by atoms with Crippen LogP contribution in [0.4, 0.5) is 5.69 Å². The molecule has 0 aliphatic carbocycles. The smallest absolute Gasteiger partial charge is 0.340 e. The summed E-state index contributed by atoms with van der Waals surface area (Å²) in [5.41, 5.74) is 6.67. The zero-order chi connectivity index (χ0) is 19.7. The third-order valence-corrected chi connectivity index (χ3v) is 4.48. The number of benzene rings is 2. The lowest BCUT2D eigenvalue weighted by atomic mass is 10.0. The van der Waals surface area contributed by atoms with Crippen molar-refractivity contribution >= 4 is 28.5 Å². The zero-order valence-electron chi connectivity index (χ0n) is 14.8. The number of primary amides is 1. The number of aryl methyl sites for hydroxylation is 2. The van der Waals surface area contributed by atoms with Crippen LogP contribution in [0.2, 0.25) is 0 Å². The zero-order valence-corrected chi connectivity index (χ0v) is 14.8. The standard InChI is InChI=1S/C20H18N2O5/c1-10-12-7-8-16(23)11(2)18(12)27-20(26)14(10)9-17(24)22-15-6-4-3-5-13(15)19(21)25/h3-8,23H,9H2,1-2H3,(H2,21,25)(H,22,24). The second-order valence-corrected chi connectivity index (χ2v) is 6.21. The molecule has 138 valence electrons. The van der Waals surface area contributed by atoms with Crippen molar-refractivity contribution in [3.8, 4) is 5.75 Å². The third-order valence-electron chi connectivity index (χ3n) is 4.48. The van der Waals surface area contributed by atoms with Gasteiger partial charge in [-0.2, -0.15) is 0 Å². The average Bonchev–Trinajstić information content (AvgIpc) is 2.62. The maximum absolute atomic E-state index is 12.4. The molecule has 4 N–H and O–H groups in total. The van der Waals surface area contributed by atoms with Crippen molar-refractivity contribution in [3.63, 3.8) is 0 Å². The van der Waals surface area contributed by atoms with Gasteiger partial charge in [0, 0.05) is 10.9 Å². The van der Waals surface area contributed by atoms with Gasteiger partial charge < -0.3 is 20.6 Å². The molecule has 0 atom stereocenters. The number of amides is 2. The van der Waals surface area contributed by atoms with Crippen LogP contribution in [0.25, 0.3) is 11.0 Å². The van der Waals surface area contributed by atoms with E-state index in [0.29, 0.717) is 22.1 Å². The van der Waals surface area contributed by atoms with Crippen molar-refractivity contribution in [1.82, 2.24) is 0 Å². The molecule has 0 saturated heterocycles. The van der Waals surface area contributed by atoms with Gasteiger partial charge in [0.2, 0.25) is 5.91 Å². The lowest BCUT2D eigenvalue weighted by Crippen LogP contribution is -2.22. The van der Waals surface area contributed by atoms with Crippen molar-refractivity contribution in [1.29, 1.82) is 0 Å². The summed E-state index contributed by atoms with van der Waals surface area (Å²) in [6.07, 6.45) is -0.225. The average molecular weight is 366 g/mol. The number of hydrogen-bond donors (Lipinski definition) is 3. The van der Waals surface area contributed by atoms with Crippen LogP contribution in [0.15, 0.2) is 45.6 Å². The van der Waals surface area contributed by atoms with Gasteiger partial charge in [0.1, 0.15) is 11.3 Å². The van der Waals surface area contributed by atoms with Gasteiger partial charge in [0.15, 0.2) is 0 Å². The molecule has 0 radical (unpaired) electrons. The molecule has 1 heterocycles. The summed E-state index contributed by atoms with van der Waals surface area (Å²) in [5.74, 6) is -1.12. The van der Waals surface area contributed by atoms with E-state index in [0.717, 1.165) is 0 Å². The molecule has 0 unspecified atom stereocenters. The second kappa shape index (κ2) is 6.95. The molecule has 0 fully saturated rings. The van der Waals surface area contributed by atoms with Gasteiger partial charge in [-0.15, -0.1) is 0 Å². The number of hydrogen-bond acceptors (Lipinski definition) is 5. The topological polar surface area (TPSA) is 123 Å². The number of fused-ring (bicyclic) bond motifs is 1. The fraction of sp³-hybridized carbons (Fsp3) is 0.150. The Morgan fingerprint density at radius 3 is 2.52 bits per heavy atom. The van der Waals surface area contributed by atoms with E-state index >= 15 is 0 Å². The van der Waals surface area contributed by atoms with E-state index in [9.17, 15) is 19.5 Å². The number of nitrogens with two attached hydrogens (primary N) is 1. The minimum Gasteiger partial charge on any atom is -0.508 e. The van der Waals surface area contributed by atoms with Crippen LogP contribution in [0.5, 0.6) is 5.75 Å². The molecule has 0 saturated carbocycles. The third kappa shape index (κ3) is 3.39. The Labute approximate surface area is 154 Å². The normalized spacial score (nSPS) is 10.7. The Bertz CT molecular complexity index is 1130. The van der Waals surface area contributed by atoms with E-state index in [1.54, 1.807) is 38.1 Å². The summed E-state index contributed by atoms with van der Waals surface area (Å²) in [6.45, 7) is 3.36. The van der Waals surface area contributed by atoms with E-state index in [-0.39, 0.29) is 29.0 Å². The van der Waals surface area contributed by atoms with Gasteiger partial charge in [0.05, 0.1) is 23.2 Å². The molecule has 3 rings (SSSR count). The highest BCUT2D eigenvalue weighted by atomic mass is 16.4. The summed E-state index contributed by atoms with van der Waals surface area (Å²) in [5, 5.41) is 13.0. The molecule has 3 aromatic rings. The molecule has 2 amide bonds. The lowest BCUT2D eigenvalue weighted by Gasteiger charge is -2.11. The maximum Gasteiger partial charge on any atom is 0.340 e. The number of rotatable bonds is 4. The van der Waals surface area contributed by atoms with Crippen molar-refractivity contribution in [2.45, 2.75) is 20.3 Å². The molecule has 7 heteroatoms. The highest BCUT2D eigenvalue weighted by Crippen LogP contribution is 2.28. The summed E-state index contributed by atoms with van der Waals surface area (Å²) < 4.78 is 5.33. The van der Waals surface area contributed by atoms with Gasteiger partial charge in [-0.1, -0.05) is 12.1 Å². The number of nitrogens with one attached hydrogen (secondary N) is 1. The first kappa shape index (κ1) is 18.2. The number of phenols is 1. The molecule has 0 aliphatic heterocycles.